The third kappa shape index (κ3) is 3.51. The predicted molar refractivity (Wildman–Crippen MR) is 89.8 cm³/mol. The fourth-order valence-electron chi connectivity index (χ4n) is 2.22. The molecule has 120 valence electrons. The third-order valence-electron chi connectivity index (χ3n) is 3.52. The molecule has 0 fully saturated rings. The van der Waals surface area contributed by atoms with Gasteiger partial charge in [0.2, 0.25) is 11.7 Å². The molecule has 0 N–H and O–H groups in total. The maximum Gasteiger partial charge on any atom is 0.245 e. The highest BCUT2D eigenvalue weighted by Crippen LogP contribution is 2.28. The molecule has 0 aliphatic rings. The summed E-state index contributed by atoms with van der Waals surface area (Å²) in [4.78, 5) is 5.08. The van der Waals surface area contributed by atoms with Gasteiger partial charge in [-0.15, -0.1) is 11.3 Å². The van der Waals surface area contributed by atoms with Gasteiger partial charge in [0.15, 0.2) is 9.84 Å². The summed E-state index contributed by atoms with van der Waals surface area (Å²) in [5, 5.41) is 4.94. The van der Waals surface area contributed by atoms with E-state index in [2.05, 4.69) is 10.1 Å². The number of nitrogens with zero attached hydrogens (tertiary/aromatic N) is 2. The smallest absolute Gasteiger partial charge is 0.245 e. The van der Waals surface area contributed by atoms with Gasteiger partial charge in [-0.05, 0) is 30.9 Å². The van der Waals surface area contributed by atoms with Crippen molar-refractivity contribution in [3.63, 3.8) is 0 Å². The Hall–Kier alpha value is -1.99. The van der Waals surface area contributed by atoms with E-state index in [1.807, 2.05) is 48.7 Å². The van der Waals surface area contributed by atoms with E-state index >= 15 is 0 Å². The van der Waals surface area contributed by atoms with E-state index in [-0.39, 0.29) is 11.6 Å². The molecule has 0 aliphatic heterocycles. The van der Waals surface area contributed by atoms with Crippen molar-refractivity contribution in [1.82, 2.24) is 10.1 Å². The van der Waals surface area contributed by atoms with E-state index in [9.17, 15) is 8.42 Å². The Labute approximate surface area is 138 Å². The molecule has 1 atom stereocenters. The summed E-state index contributed by atoms with van der Waals surface area (Å²) >= 11 is 1.48. The minimum Gasteiger partial charge on any atom is -0.338 e. The van der Waals surface area contributed by atoms with Crippen LogP contribution in [0.2, 0.25) is 0 Å². The molecule has 3 aromatic rings. The zero-order chi connectivity index (χ0) is 16.4. The fourth-order valence-corrected chi connectivity index (χ4v) is 4.17. The summed E-state index contributed by atoms with van der Waals surface area (Å²) in [6.45, 7) is 3.52. The van der Waals surface area contributed by atoms with Gasteiger partial charge in [0.1, 0.15) is 5.25 Å². The maximum atomic E-state index is 12.6. The number of hydrogen-bond acceptors (Lipinski definition) is 6. The standard InChI is InChI=1S/C16H16N2O3S2/c1-11-5-3-6-13(9-11)10-23(19,20)12(2)16-17-15(18-21-16)14-7-4-8-22-14/h3-9,12H,10H2,1-2H3/t12-/m0/s1. The molecule has 1 aromatic carbocycles. The van der Waals surface area contributed by atoms with Crippen LogP contribution < -0.4 is 0 Å². The maximum absolute atomic E-state index is 12.6. The van der Waals surface area contributed by atoms with Crippen LogP contribution in [0.4, 0.5) is 0 Å². The SMILES string of the molecule is Cc1cccc(CS(=O)(=O)[C@@H](C)c2nc(-c3cccs3)no2)c1. The van der Waals surface area contributed by atoms with Gasteiger partial charge < -0.3 is 4.52 Å². The molecule has 0 amide bonds. The van der Waals surface area contributed by atoms with Crippen LogP contribution in [-0.2, 0) is 15.6 Å². The van der Waals surface area contributed by atoms with Crippen molar-refractivity contribution < 1.29 is 12.9 Å². The van der Waals surface area contributed by atoms with Crippen LogP contribution in [0.1, 0.15) is 29.2 Å². The number of sulfone groups is 1. The Morgan fingerprint density at radius 3 is 2.78 bits per heavy atom. The summed E-state index contributed by atoms with van der Waals surface area (Å²) in [7, 11) is -3.43. The van der Waals surface area contributed by atoms with Gasteiger partial charge in [-0.1, -0.05) is 41.1 Å². The molecule has 5 nitrogen and oxygen atoms in total. The highest BCUT2D eigenvalue weighted by Gasteiger charge is 2.28. The normalized spacial score (nSPS) is 13.1. The zero-order valence-corrected chi connectivity index (χ0v) is 14.4. The lowest BCUT2D eigenvalue weighted by Crippen LogP contribution is -2.13. The average molecular weight is 348 g/mol. The number of aromatic nitrogens is 2. The van der Waals surface area contributed by atoms with Crippen molar-refractivity contribution in [2.75, 3.05) is 0 Å². The fraction of sp³-hybridized carbons (Fsp3) is 0.250. The Kier molecular flexibility index (Phi) is 4.32. The Balaban J connectivity index is 1.82. The van der Waals surface area contributed by atoms with Crippen molar-refractivity contribution in [2.24, 2.45) is 0 Å². The minimum atomic E-state index is -3.43. The van der Waals surface area contributed by atoms with Crippen molar-refractivity contribution in [3.05, 3.63) is 58.8 Å². The molecule has 0 saturated carbocycles. The molecule has 0 unspecified atom stereocenters. The van der Waals surface area contributed by atoms with Crippen LogP contribution in [-0.4, -0.2) is 18.6 Å². The molecular weight excluding hydrogens is 332 g/mol. The van der Waals surface area contributed by atoms with Crippen LogP contribution in [0.15, 0.2) is 46.3 Å². The lowest BCUT2D eigenvalue weighted by atomic mass is 10.2. The van der Waals surface area contributed by atoms with E-state index in [1.165, 1.54) is 11.3 Å². The lowest BCUT2D eigenvalue weighted by molar-refractivity contribution is 0.377. The Morgan fingerprint density at radius 1 is 1.26 bits per heavy atom. The van der Waals surface area contributed by atoms with Crippen LogP contribution in [0.25, 0.3) is 10.7 Å². The molecule has 0 saturated heterocycles. The second-order valence-corrected chi connectivity index (χ2v) is 8.64. The Bertz CT molecular complexity index is 899. The van der Waals surface area contributed by atoms with Gasteiger partial charge in [0.25, 0.3) is 0 Å². The zero-order valence-electron chi connectivity index (χ0n) is 12.8. The van der Waals surface area contributed by atoms with Gasteiger partial charge in [0, 0.05) is 0 Å². The molecule has 2 aromatic heterocycles. The molecule has 3 rings (SSSR count). The molecule has 0 radical (unpaired) electrons. The molecule has 0 spiro atoms. The first kappa shape index (κ1) is 15.9. The molecule has 0 aliphatic carbocycles. The summed E-state index contributed by atoms with van der Waals surface area (Å²) in [6.07, 6.45) is 0. The monoisotopic (exact) mass is 348 g/mol. The average Bonchev–Trinajstić information content (AvgIpc) is 3.17. The Morgan fingerprint density at radius 2 is 2.09 bits per heavy atom. The second kappa shape index (κ2) is 6.25. The number of aryl methyl sites for hydroxylation is 1. The van der Waals surface area contributed by atoms with Crippen LogP contribution in [0, 0.1) is 6.92 Å². The number of benzene rings is 1. The lowest BCUT2D eigenvalue weighted by Gasteiger charge is -2.09. The first-order valence-corrected chi connectivity index (χ1v) is 9.70. The van der Waals surface area contributed by atoms with Crippen molar-refractivity contribution in [2.45, 2.75) is 24.9 Å². The van der Waals surface area contributed by atoms with E-state index in [1.54, 1.807) is 6.92 Å². The number of hydrogen-bond donors (Lipinski definition) is 0. The van der Waals surface area contributed by atoms with E-state index < -0.39 is 15.1 Å². The van der Waals surface area contributed by atoms with Gasteiger partial charge in [-0.25, -0.2) is 8.42 Å². The molecule has 0 bridgehead atoms. The van der Waals surface area contributed by atoms with Crippen LogP contribution in [0.5, 0.6) is 0 Å². The summed E-state index contributed by atoms with van der Waals surface area (Å²) in [5.41, 5.74) is 1.79. The van der Waals surface area contributed by atoms with Crippen molar-refractivity contribution in [1.29, 1.82) is 0 Å². The summed E-state index contributed by atoms with van der Waals surface area (Å²) in [6, 6.07) is 11.2. The minimum absolute atomic E-state index is 0.0490. The van der Waals surface area contributed by atoms with Crippen LogP contribution >= 0.6 is 11.3 Å². The topological polar surface area (TPSA) is 73.1 Å². The second-order valence-electron chi connectivity index (χ2n) is 5.37. The first-order chi connectivity index (χ1) is 11.0. The highest BCUT2D eigenvalue weighted by atomic mass is 32.2. The van der Waals surface area contributed by atoms with E-state index in [4.69, 9.17) is 4.52 Å². The molecule has 23 heavy (non-hydrogen) atoms. The van der Waals surface area contributed by atoms with Crippen molar-refractivity contribution >= 4 is 21.2 Å². The summed E-state index contributed by atoms with van der Waals surface area (Å²) in [5.74, 6) is 0.501. The quantitative estimate of drug-likeness (QED) is 0.701. The molecule has 7 heteroatoms. The number of thiophene rings is 1. The van der Waals surface area contributed by atoms with Crippen molar-refractivity contribution in [3.8, 4) is 10.7 Å². The molecule has 2 heterocycles. The summed E-state index contributed by atoms with van der Waals surface area (Å²) < 4.78 is 30.3. The van der Waals surface area contributed by atoms with Gasteiger partial charge in [0.05, 0.1) is 10.6 Å². The van der Waals surface area contributed by atoms with E-state index in [0.717, 1.165) is 16.0 Å². The highest BCUT2D eigenvalue weighted by molar-refractivity contribution is 7.90. The van der Waals surface area contributed by atoms with Gasteiger partial charge in [-0.2, -0.15) is 4.98 Å². The first-order valence-electron chi connectivity index (χ1n) is 7.10. The van der Waals surface area contributed by atoms with Gasteiger partial charge in [-0.3, -0.25) is 0 Å². The number of rotatable bonds is 5. The predicted octanol–water partition coefficient (Wildman–Crippen LogP) is 3.78. The van der Waals surface area contributed by atoms with Crippen LogP contribution in [0.3, 0.4) is 0 Å². The third-order valence-corrected chi connectivity index (χ3v) is 6.40. The largest absolute Gasteiger partial charge is 0.338 e. The van der Waals surface area contributed by atoms with E-state index in [0.29, 0.717) is 5.82 Å². The van der Waals surface area contributed by atoms with Gasteiger partial charge >= 0.3 is 0 Å². The molecular formula is C16H16N2O3S2.